The minimum absolute atomic E-state index is 0.0309. The third-order valence-electron chi connectivity index (χ3n) is 10.00. The van der Waals surface area contributed by atoms with Gasteiger partial charge in [-0.25, -0.2) is 9.18 Å². The summed E-state index contributed by atoms with van der Waals surface area (Å²) in [4.78, 5) is 31.4. The Morgan fingerprint density at radius 1 is 0.976 bits per heavy atom. The molecule has 3 heterocycles. The summed E-state index contributed by atoms with van der Waals surface area (Å²) >= 11 is 0. The fourth-order valence-corrected chi connectivity index (χ4v) is 7.67. The molecule has 0 radical (unpaired) electrons. The van der Waals surface area contributed by atoms with Crippen LogP contribution in [0.25, 0.3) is 11.1 Å². The molecule has 1 spiro atoms. The molecule has 2 amide bonds. The maximum absolute atomic E-state index is 14.2. The number of nitrogens with one attached hydrogen (secondary N) is 1. The average molecular weight is 557 g/mol. The molecule has 3 atom stereocenters. The molecule has 1 aromatic heterocycles. The molecule has 0 bridgehead atoms. The lowest BCUT2D eigenvalue weighted by molar-refractivity contribution is 0.0209. The molecule has 3 fully saturated rings. The Labute approximate surface area is 242 Å². The number of piperidine rings is 2. The number of hydrogen-bond acceptors (Lipinski definition) is 3. The molecule has 2 aromatic carbocycles. The number of amides is 2. The van der Waals surface area contributed by atoms with Crippen molar-refractivity contribution in [3.8, 4) is 11.1 Å². The molecular formula is C34H41FN4O2. The third kappa shape index (κ3) is 5.69. The van der Waals surface area contributed by atoms with E-state index in [1.54, 1.807) is 18.2 Å². The van der Waals surface area contributed by atoms with Crippen LogP contribution >= 0.6 is 0 Å². The smallest absolute Gasteiger partial charge is 0.320 e. The summed E-state index contributed by atoms with van der Waals surface area (Å²) in [5.41, 5.74) is 2.91. The Morgan fingerprint density at radius 2 is 1.78 bits per heavy atom. The Morgan fingerprint density at radius 3 is 2.51 bits per heavy atom. The van der Waals surface area contributed by atoms with Gasteiger partial charge in [-0.2, -0.15) is 0 Å². The van der Waals surface area contributed by atoms with E-state index < -0.39 is 0 Å². The number of likely N-dealkylation sites (tertiary alicyclic amines) is 2. The quantitative estimate of drug-likeness (QED) is 0.414. The topological polar surface area (TPSA) is 57.6 Å². The van der Waals surface area contributed by atoms with Crippen molar-refractivity contribution in [1.29, 1.82) is 0 Å². The van der Waals surface area contributed by atoms with Gasteiger partial charge in [-0.1, -0.05) is 55.3 Å². The van der Waals surface area contributed by atoms with Crippen molar-refractivity contribution in [1.82, 2.24) is 19.7 Å². The number of hydrogen-bond donors (Lipinski definition) is 1. The van der Waals surface area contributed by atoms with Crippen LogP contribution < -0.4 is 10.9 Å². The van der Waals surface area contributed by atoms with Gasteiger partial charge in [-0.05, 0) is 85.4 Å². The molecule has 0 unspecified atom stereocenters. The molecule has 1 aliphatic carbocycles. The van der Waals surface area contributed by atoms with E-state index in [1.807, 2.05) is 65.2 Å². The number of urea groups is 1. The summed E-state index contributed by atoms with van der Waals surface area (Å²) in [6, 6.07) is 20.7. The lowest BCUT2D eigenvalue weighted by Gasteiger charge is -2.49. The van der Waals surface area contributed by atoms with Crippen LogP contribution in [0, 0.1) is 17.2 Å². The Bertz CT molecular complexity index is 1420. The highest BCUT2D eigenvalue weighted by molar-refractivity contribution is 5.75. The molecule has 6 nitrogen and oxygen atoms in total. The molecule has 216 valence electrons. The van der Waals surface area contributed by atoms with Gasteiger partial charge in [0.15, 0.2) is 0 Å². The summed E-state index contributed by atoms with van der Waals surface area (Å²) in [5.74, 6) is 0.0858. The zero-order valence-corrected chi connectivity index (χ0v) is 24.0. The minimum Gasteiger partial charge on any atom is -0.324 e. The number of rotatable bonds is 5. The molecule has 1 N–H and O–H groups in total. The SMILES string of the molecule is CN[C@@H]1CCN(C(=O)N2CC[C@@H](Cn3ccc(-c4ccccc4)cc3=O)C3(CCCC3)C2)[C@H](c2cccc(F)c2)C1. The van der Waals surface area contributed by atoms with E-state index in [9.17, 15) is 14.0 Å². The number of pyridine rings is 1. The molecule has 2 aliphatic heterocycles. The highest BCUT2D eigenvalue weighted by Crippen LogP contribution is 2.49. The molecule has 1 saturated carbocycles. The van der Waals surface area contributed by atoms with Crippen molar-refractivity contribution >= 4 is 6.03 Å². The Balaban J connectivity index is 1.20. The predicted molar refractivity (Wildman–Crippen MR) is 160 cm³/mol. The van der Waals surface area contributed by atoms with Gasteiger partial charge in [0.25, 0.3) is 5.56 Å². The molecule has 2 saturated heterocycles. The maximum Gasteiger partial charge on any atom is 0.320 e. The van der Waals surface area contributed by atoms with E-state index in [0.29, 0.717) is 31.6 Å². The van der Waals surface area contributed by atoms with Gasteiger partial charge >= 0.3 is 6.03 Å². The number of benzene rings is 2. The van der Waals surface area contributed by atoms with Crippen molar-refractivity contribution in [3.63, 3.8) is 0 Å². The fourth-order valence-electron chi connectivity index (χ4n) is 7.67. The number of carbonyl (C=O) groups excluding carboxylic acids is 1. The summed E-state index contributed by atoms with van der Waals surface area (Å²) < 4.78 is 16.1. The van der Waals surface area contributed by atoms with Crippen LogP contribution in [0.4, 0.5) is 9.18 Å². The molecule has 7 heteroatoms. The second-order valence-electron chi connectivity index (χ2n) is 12.3. The van der Waals surface area contributed by atoms with Gasteiger partial charge in [0.05, 0.1) is 6.04 Å². The minimum atomic E-state index is -0.265. The second-order valence-corrected chi connectivity index (χ2v) is 12.3. The first-order chi connectivity index (χ1) is 20.0. The monoisotopic (exact) mass is 556 g/mol. The summed E-state index contributed by atoms with van der Waals surface area (Å²) in [6.07, 6.45) is 9.00. The fraction of sp³-hybridized carbons (Fsp3) is 0.471. The number of carbonyl (C=O) groups is 1. The van der Waals surface area contributed by atoms with E-state index in [4.69, 9.17) is 0 Å². The van der Waals surface area contributed by atoms with Crippen molar-refractivity contribution in [2.75, 3.05) is 26.7 Å². The van der Waals surface area contributed by atoms with Gasteiger partial charge in [-0.3, -0.25) is 4.79 Å². The largest absolute Gasteiger partial charge is 0.324 e. The molecular weight excluding hydrogens is 515 g/mol. The van der Waals surface area contributed by atoms with E-state index >= 15 is 0 Å². The predicted octanol–water partition coefficient (Wildman–Crippen LogP) is 6.08. The Kier molecular flexibility index (Phi) is 7.98. The first-order valence-electron chi connectivity index (χ1n) is 15.2. The van der Waals surface area contributed by atoms with Crippen LogP contribution in [-0.2, 0) is 6.54 Å². The highest BCUT2D eigenvalue weighted by Gasteiger charge is 2.47. The van der Waals surface area contributed by atoms with Gasteiger partial charge in [0, 0.05) is 44.5 Å². The second kappa shape index (κ2) is 11.8. The van der Waals surface area contributed by atoms with Crippen LogP contribution in [-0.4, -0.2) is 53.1 Å². The molecule has 6 rings (SSSR count). The summed E-state index contributed by atoms with van der Waals surface area (Å²) in [7, 11) is 1.96. The third-order valence-corrected chi connectivity index (χ3v) is 10.00. The van der Waals surface area contributed by atoms with Crippen molar-refractivity contribution in [2.45, 2.75) is 63.6 Å². The molecule has 41 heavy (non-hydrogen) atoms. The lowest BCUT2D eigenvalue weighted by Crippen LogP contribution is -2.56. The number of halogens is 1. The van der Waals surface area contributed by atoms with Gasteiger partial charge in [-0.15, -0.1) is 0 Å². The Hall–Kier alpha value is -3.45. The van der Waals surface area contributed by atoms with Crippen molar-refractivity contribution < 1.29 is 9.18 Å². The van der Waals surface area contributed by atoms with E-state index in [2.05, 4.69) is 10.2 Å². The first-order valence-corrected chi connectivity index (χ1v) is 15.2. The van der Waals surface area contributed by atoms with Crippen LogP contribution in [0.3, 0.4) is 0 Å². The lowest BCUT2D eigenvalue weighted by atomic mass is 9.69. The average Bonchev–Trinajstić information content (AvgIpc) is 3.47. The number of aromatic nitrogens is 1. The number of nitrogens with zero attached hydrogens (tertiary/aromatic N) is 3. The van der Waals surface area contributed by atoms with Crippen LogP contribution in [0.15, 0.2) is 77.7 Å². The van der Waals surface area contributed by atoms with Crippen molar-refractivity contribution in [3.05, 3.63) is 94.7 Å². The zero-order valence-electron chi connectivity index (χ0n) is 24.0. The van der Waals surface area contributed by atoms with Gasteiger partial charge in [0.2, 0.25) is 0 Å². The maximum atomic E-state index is 14.2. The van der Waals surface area contributed by atoms with Gasteiger partial charge in [0.1, 0.15) is 5.82 Å². The standard InChI is InChI=1S/C34H41FN4O2/c1-36-30-14-19-39(31(22-30)27-10-7-11-29(35)20-27)33(41)38-18-13-28(34(24-38)15-5-6-16-34)23-37-17-12-26(21-32(37)40)25-8-3-2-4-9-25/h2-4,7-12,17,20-21,28,30-31,36H,5-6,13-16,18-19,22-24H2,1H3/t28-,30+,31-/m0/s1. The molecule has 3 aromatic rings. The van der Waals surface area contributed by atoms with E-state index in [0.717, 1.165) is 55.3 Å². The molecule has 3 aliphatic rings. The summed E-state index contributed by atoms with van der Waals surface area (Å²) in [6.45, 7) is 2.76. The summed E-state index contributed by atoms with van der Waals surface area (Å²) in [5, 5.41) is 3.37. The van der Waals surface area contributed by atoms with Gasteiger partial charge < -0.3 is 19.7 Å². The highest BCUT2D eigenvalue weighted by atomic mass is 19.1. The van der Waals surface area contributed by atoms with E-state index in [1.165, 1.54) is 18.9 Å². The first kappa shape index (κ1) is 27.7. The van der Waals surface area contributed by atoms with Crippen LogP contribution in [0.5, 0.6) is 0 Å². The zero-order chi connectivity index (χ0) is 28.4. The van der Waals surface area contributed by atoms with Crippen LogP contribution in [0.2, 0.25) is 0 Å². The van der Waals surface area contributed by atoms with Crippen LogP contribution in [0.1, 0.15) is 56.6 Å². The normalized spacial score (nSPS) is 24.1. The van der Waals surface area contributed by atoms with Crippen molar-refractivity contribution in [2.24, 2.45) is 11.3 Å². The van der Waals surface area contributed by atoms with E-state index in [-0.39, 0.29) is 28.9 Å².